The summed E-state index contributed by atoms with van der Waals surface area (Å²) >= 11 is 3.26. The summed E-state index contributed by atoms with van der Waals surface area (Å²) in [5.41, 5.74) is 7.58. The van der Waals surface area contributed by atoms with Crippen molar-refractivity contribution in [2.24, 2.45) is 5.73 Å². The second kappa shape index (κ2) is 6.58. The van der Waals surface area contributed by atoms with Crippen molar-refractivity contribution in [1.29, 1.82) is 0 Å². The van der Waals surface area contributed by atoms with E-state index in [-0.39, 0.29) is 5.82 Å². The van der Waals surface area contributed by atoms with Gasteiger partial charge in [0.05, 0.1) is 7.11 Å². The first-order valence-electron chi connectivity index (χ1n) is 6.75. The fourth-order valence-corrected chi connectivity index (χ4v) is 2.71. The standard InChI is InChI=1S/C17H19BrFNO/c1-17(20,10-12-3-7-15(21-2)8-4-12)11-13-5-6-14(18)9-16(13)19/h3-9H,10-11,20H2,1-2H3. The van der Waals surface area contributed by atoms with Crippen LogP contribution in [-0.4, -0.2) is 12.6 Å². The normalized spacial score (nSPS) is 13.8. The molecule has 0 heterocycles. The van der Waals surface area contributed by atoms with E-state index in [1.54, 1.807) is 13.2 Å². The number of ether oxygens (including phenoxy) is 1. The molecule has 2 N–H and O–H groups in total. The van der Waals surface area contributed by atoms with Crippen LogP contribution in [0.2, 0.25) is 0 Å². The van der Waals surface area contributed by atoms with Crippen LogP contribution in [0.25, 0.3) is 0 Å². The van der Waals surface area contributed by atoms with Crippen LogP contribution in [0.15, 0.2) is 46.9 Å². The highest BCUT2D eigenvalue weighted by atomic mass is 79.9. The van der Waals surface area contributed by atoms with E-state index in [9.17, 15) is 4.39 Å². The summed E-state index contributed by atoms with van der Waals surface area (Å²) in [7, 11) is 1.64. The summed E-state index contributed by atoms with van der Waals surface area (Å²) < 4.78 is 19.8. The molecule has 0 bridgehead atoms. The zero-order valence-corrected chi connectivity index (χ0v) is 13.8. The Bertz CT molecular complexity index is 611. The molecule has 0 saturated heterocycles. The first-order valence-corrected chi connectivity index (χ1v) is 7.55. The van der Waals surface area contributed by atoms with E-state index < -0.39 is 5.54 Å². The summed E-state index contributed by atoms with van der Waals surface area (Å²) in [5, 5.41) is 0. The quantitative estimate of drug-likeness (QED) is 0.879. The van der Waals surface area contributed by atoms with Gasteiger partial charge in [-0.25, -0.2) is 4.39 Å². The predicted octanol–water partition coefficient (Wildman–Crippen LogP) is 4.10. The number of methoxy groups -OCH3 is 1. The number of hydrogen-bond donors (Lipinski definition) is 1. The summed E-state index contributed by atoms with van der Waals surface area (Å²) in [6.07, 6.45) is 1.16. The highest BCUT2D eigenvalue weighted by Gasteiger charge is 2.21. The van der Waals surface area contributed by atoms with E-state index in [1.807, 2.05) is 37.3 Å². The molecule has 0 aromatic heterocycles. The molecule has 0 aliphatic rings. The average molecular weight is 352 g/mol. The monoisotopic (exact) mass is 351 g/mol. The maximum atomic E-state index is 13.9. The number of halogens is 2. The minimum absolute atomic E-state index is 0.226. The smallest absolute Gasteiger partial charge is 0.127 e. The van der Waals surface area contributed by atoms with Crippen molar-refractivity contribution < 1.29 is 9.13 Å². The number of hydrogen-bond acceptors (Lipinski definition) is 2. The molecule has 0 saturated carbocycles. The maximum Gasteiger partial charge on any atom is 0.127 e. The summed E-state index contributed by atoms with van der Waals surface area (Å²) in [6, 6.07) is 12.9. The van der Waals surface area contributed by atoms with Gasteiger partial charge in [0.15, 0.2) is 0 Å². The van der Waals surface area contributed by atoms with Crippen molar-refractivity contribution in [3.05, 3.63) is 63.9 Å². The second-order valence-electron chi connectivity index (χ2n) is 5.59. The Hall–Kier alpha value is -1.39. The van der Waals surface area contributed by atoms with Gasteiger partial charge in [-0.15, -0.1) is 0 Å². The van der Waals surface area contributed by atoms with Crippen LogP contribution >= 0.6 is 15.9 Å². The molecule has 0 aliphatic heterocycles. The van der Waals surface area contributed by atoms with Crippen molar-refractivity contribution in [3.63, 3.8) is 0 Å². The molecule has 0 amide bonds. The van der Waals surface area contributed by atoms with Crippen molar-refractivity contribution in [1.82, 2.24) is 0 Å². The lowest BCUT2D eigenvalue weighted by Crippen LogP contribution is -2.41. The average Bonchev–Trinajstić information content (AvgIpc) is 2.42. The zero-order chi connectivity index (χ0) is 15.5. The minimum Gasteiger partial charge on any atom is -0.497 e. The second-order valence-corrected chi connectivity index (χ2v) is 6.51. The molecule has 21 heavy (non-hydrogen) atoms. The van der Waals surface area contributed by atoms with Crippen molar-refractivity contribution >= 4 is 15.9 Å². The molecule has 0 radical (unpaired) electrons. The lowest BCUT2D eigenvalue weighted by molar-refractivity contribution is 0.414. The fourth-order valence-electron chi connectivity index (χ4n) is 2.37. The van der Waals surface area contributed by atoms with Gasteiger partial charge in [0.1, 0.15) is 11.6 Å². The van der Waals surface area contributed by atoms with Crippen molar-refractivity contribution in [2.45, 2.75) is 25.3 Å². The number of nitrogens with two attached hydrogens (primary N) is 1. The molecule has 0 fully saturated rings. The van der Waals surface area contributed by atoms with Crippen molar-refractivity contribution in [3.8, 4) is 5.75 Å². The third-order valence-electron chi connectivity index (χ3n) is 3.38. The summed E-state index contributed by atoms with van der Waals surface area (Å²) in [5.74, 6) is 0.590. The van der Waals surface area contributed by atoms with Crippen LogP contribution in [0.3, 0.4) is 0 Å². The van der Waals surface area contributed by atoms with Crippen LogP contribution in [0.5, 0.6) is 5.75 Å². The molecule has 0 spiro atoms. The third kappa shape index (κ3) is 4.55. The van der Waals surface area contributed by atoms with Crippen LogP contribution in [-0.2, 0) is 12.8 Å². The van der Waals surface area contributed by atoms with E-state index in [0.717, 1.165) is 15.8 Å². The molecule has 2 rings (SSSR count). The Labute approximate surface area is 133 Å². The molecule has 1 unspecified atom stereocenters. The SMILES string of the molecule is COc1ccc(CC(C)(N)Cc2ccc(Br)cc2F)cc1. The van der Waals surface area contributed by atoms with E-state index >= 15 is 0 Å². The molecule has 2 aromatic rings. The topological polar surface area (TPSA) is 35.2 Å². The van der Waals surface area contributed by atoms with Gasteiger partial charge in [-0.1, -0.05) is 34.1 Å². The third-order valence-corrected chi connectivity index (χ3v) is 3.87. The van der Waals surface area contributed by atoms with Gasteiger partial charge in [0.25, 0.3) is 0 Å². The van der Waals surface area contributed by atoms with Crippen LogP contribution in [0.4, 0.5) is 4.39 Å². The fraction of sp³-hybridized carbons (Fsp3) is 0.294. The first kappa shape index (κ1) is 16.0. The number of benzene rings is 2. The van der Waals surface area contributed by atoms with Gasteiger partial charge in [-0.2, -0.15) is 0 Å². The van der Waals surface area contributed by atoms with Crippen LogP contribution < -0.4 is 10.5 Å². The highest BCUT2D eigenvalue weighted by Crippen LogP contribution is 2.22. The Kier molecular flexibility index (Phi) is 5.01. The van der Waals surface area contributed by atoms with Gasteiger partial charge < -0.3 is 10.5 Å². The molecule has 0 aliphatic carbocycles. The van der Waals surface area contributed by atoms with Crippen LogP contribution in [0, 0.1) is 5.82 Å². The van der Waals surface area contributed by atoms with Crippen LogP contribution in [0.1, 0.15) is 18.1 Å². The largest absolute Gasteiger partial charge is 0.497 e. The zero-order valence-electron chi connectivity index (χ0n) is 12.2. The van der Waals surface area contributed by atoms with Gasteiger partial charge in [-0.05, 0) is 55.2 Å². The molecular formula is C17H19BrFNO. The first-order chi connectivity index (χ1) is 9.89. The van der Waals surface area contributed by atoms with Gasteiger partial charge in [0, 0.05) is 10.0 Å². The highest BCUT2D eigenvalue weighted by molar-refractivity contribution is 9.10. The van der Waals surface area contributed by atoms with E-state index in [2.05, 4.69) is 15.9 Å². The van der Waals surface area contributed by atoms with E-state index in [0.29, 0.717) is 18.4 Å². The predicted molar refractivity (Wildman–Crippen MR) is 87.1 cm³/mol. The minimum atomic E-state index is -0.511. The Morgan fingerprint density at radius 2 is 1.81 bits per heavy atom. The molecule has 112 valence electrons. The molecule has 2 nitrogen and oxygen atoms in total. The Morgan fingerprint density at radius 1 is 1.14 bits per heavy atom. The summed E-state index contributed by atoms with van der Waals surface area (Å²) in [4.78, 5) is 0. The Balaban J connectivity index is 2.10. The molecular weight excluding hydrogens is 333 g/mol. The van der Waals surface area contributed by atoms with E-state index in [4.69, 9.17) is 10.5 Å². The molecule has 2 aromatic carbocycles. The lowest BCUT2D eigenvalue weighted by Gasteiger charge is -2.25. The number of rotatable bonds is 5. The Morgan fingerprint density at radius 3 is 2.38 bits per heavy atom. The summed E-state index contributed by atoms with van der Waals surface area (Å²) in [6.45, 7) is 1.94. The maximum absolute atomic E-state index is 13.9. The molecule has 4 heteroatoms. The molecule has 1 atom stereocenters. The van der Waals surface area contributed by atoms with Gasteiger partial charge in [0.2, 0.25) is 0 Å². The van der Waals surface area contributed by atoms with Gasteiger partial charge >= 0.3 is 0 Å². The van der Waals surface area contributed by atoms with Gasteiger partial charge in [-0.3, -0.25) is 0 Å². The van der Waals surface area contributed by atoms with E-state index in [1.165, 1.54) is 6.07 Å². The lowest BCUT2D eigenvalue weighted by atomic mass is 9.87. The van der Waals surface area contributed by atoms with Crippen molar-refractivity contribution in [2.75, 3.05) is 7.11 Å².